The number of benzene rings is 2. The van der Waals surface area contributed by atoms with E-state index in [0.29, 0.717) is 83.7 Å². The number of thiazole rings is 1. The molecule has 2 aromatic heterocycles. The largest absolute Gasteiger partial charge is 0.387 e. The highest BCUT2D eigenvalue weighted by molar-refractivity contribution is 7.16. The summed E-state index contributed by atoms with van der Waals surface area (Å²) in [6, 6.07) is 11.5. The number of rotatable bonds is 5. The van der Waals surface area contributed by atoms with Crippen LogP contribution in [0, 0.1) is 28.4 Å². The fourth-order valence-electron chi connectivity index (χ4n) is 7.32. The lowest BCUT2D eigenvalue weighted by molar-refractivity contribution is -0.155. The van der Waals surface area contributed by atoms with Crippen molar-refractivity contribution in [2.45, 2.75) is 37.9 Å². The molecule has 1 spiro atoms. The van der Waals surface area contributed by atoms with Gasteiger partial charge < -0.3 is 24.5 Å². The normalized spacial score (nSPS) is 21.5. The molecule has 0 radical (unpaired) electrons. The molecule has 3 fully saturated rings. The molecule has 2 aromatic carbocycles. The predicted molar refractivity (Wildman–Crippen MR) is 165 cm³/mol. The van der Waals surface area contributed by atoms with E-state index in [1.165, 1.54) is 29.5 Å². The third-order valence-corrected chi connectivity index (χ3v) is 10.6. The van der Waals surface area contributed by atoms with Crippen LogP contribution in [0.15, 0.2) is 36.4 Å². The van der Waals surface area contributed by atoms with Gasteiger partial charge in [-0.1, -0.05) is 11.3 Å². The Morgan fingerprint density at radius 3 is 2.64 bits per heavy atom. The number of pyridine rings is 1. The molecular weight excluding hydrogens is 598 g/mol. The van der Waals surface area contributed by atoms with Crippen molar-refractivity contribution in [3.05, 3.63) is 64.2 Å². The molecule has 3 aliphatic heterocycles. The van der Waals surface area contributed by atoms with Crippen LogP contribution in [-0.4, -0.2) is 71.8 Å². The Morgan fingerprint density at radius 2 is 1.93 bits per heavy atom. The van der Waals surface area contributed by atoms with E-state index in [0.717, 1.165) is 24.1 Å². The SMILES string of the molecule is CN(c1nc(-c2ccc(F)cc2)c(C#N)s1)c1c2c(nc3c(F)cc(N4CC5(CN(C(=O)[C@@H]6CCCO6)C5)C4)cc13)C(O)CC2. The topological polar surface area (TPSA) is 106 Å². The molecular formula is C33H30F2N6O3S. The minimum atomic E-state index is -0.800. The van der Waals surface area contributed by atoms with Gasteiger partial charge in [-0.15, -0.1) is 0 Å². The monoisotopic (exact) mass is 628 g/mol. The Hall–Kier alpha value is -4.18. The number of ether oxygens (including phenoxy) is 1. The van der Waals surface area contributed by atoms with Crippen molar-refractivity contribution >= 4 is 44.7 Å². The van der Waals surface area contributed by atoms with Crippen molar-refractivity contribution in [2.24, 2.45) is 5.41 Å². The van der Waals surface area contributed by atoms with Crippen LogP contribution in [0.1, 0.15) is 41.5 Å². The van der Waals surface area contributed by atoms with Crippen molar-refractivity contribution in [2.75, 3.05) is 49.6 Å². The number of anilines is 3. The molecule has 0 saturated carbocycles. The number of aliphatic hydroxyl groups excluding tert-OH is 1. The Morgan fingerprint density at radius 1 is 1.16 bits per heavy atom. The van der Waals surface area contributed by atoms with Gasteiger partial charge in [0.1, 0.15) is 34.1 Å². The van der Waals surface area contributed by atoms with E-state index >= 15 is 4.39 Å². The molecule has 230 valence electrons. The minimum absolute atomic E-state index is 0.00491. The van der Waals surface area contributed by atoms with Gasteiger partial charge in [0.15, 0.2) is 10.9 Å². The first-order chi connectivity index (χ1) is 21.7. The average molecular weight is 629 g/mol. The fourth-order valence-corrected chi connectivity index (χ4v) is 8.18. The quantitative estimate of drug-likeness (QED) is 0.326. The van der Waals surface area contributed by atoms with Crippen LogP contribution in [0.25, 0.3) is 22.2 Å². The molecule has 1 aliphatic carbocycles. The van der Waals surface area contributed by atoms with E-state index in [2.05, 4.69) is 16.0 Å². The third kappa shape index (κ3) is 4.56. The van der Waals surface area contributed by atoms with Gasteiger partial charge in [0.2, 0.25) is 0 Å². The molecule has 3 saturated heterocycles. The van der Waals surface area contributed by atoms with Gasteiger partial charge in [-0.25, -0.2) is 18.7 Å². The molecule has 5 heterocycles. The van der Waals surface area contributed by atoms with Crippen LogP contribution in [0.3, 0.4) is 0 Å². The molecule has 0 bridgehead atoms. The van der Waals surface area contributed by atoms with Gasteiger partial charge in [-0.2, -0.15) is 5.26 Å². The second-order valence-corrected chi connectivity index (χ2v) is 13.6. The maximum atomic E-state index is 15.9. The maximum absolute atomic E-state index is 15.9. The molecule has 8 rings (SSSR count). The van der Waals surface area contributed by atoms with E-state index in [1.54, 1.807) is 12.1 Å². The summed E-state index contributed by atoms with van der Waals surface area (Å²) < 4.78 is 35.0. The fraction of sp³-hybridized carbons (Fsp3) is 0.394. The minimum Gasteiger partial charge on any atom is -0.387 e. The van der Waals surface area contributed by atoms with Crippen LogP contribution in [-0.2, 0) is 16.0 Å². The number of likely N-dealkylation sites (tertiary alicyclic amines) is 1. The first-order valence-electron chi connectivity index (χ1n) is 15.1. The van der Waals surface area contributed by atoms with Crippen LogP contribution >= 0.6 is 11.3 Å². The van der Waals surface area contributed by atoms with Crippen LogP contribution < -0.4 is 9.80 Å². The zero-order valence-electron chi connectivity index (χ0n) is 24.6. The van der Waals surface area contributed by atoms with Crippen molar-refractivity contribution < 1.29 is 23.4 Å². The number of fused-ring (bicyclic) bond motifs is 2. The van der Waals surface area contributed by atoms with Gasteiger partial charge in [0.25, 0.3) is 5.91 Å². The van der Waals surface area contributed by atoms with Crippen molar-refractivity contribution in [3.8, 4) is 17.3 Å². The summed E-state index contributed by atoms with van der Waals surface area (Å²) in [5.74, 6) is -0.782. The average Bonchev–Trinajstić information content (AvgIpc) is 3.76. The highest BCUT2D eigenvalue weighted by Crippen LogP contribution is 2.48. The first kappa shape index (κ1) is 28.3. The number of nitriles is 1. The second-order valence-electron chi connectivity index (χ2n) is 12.6. The van der Waals surface area contributed by atoms with Crippen molar-refractivity contribution in [3.63, 3.8) is 0 Å². The van der Waals surface area contributed by atoms with E-state index in [1.807, 2.05) is 22.9 Å². The van der Waals surface area contributed by atoms with Crippen LogP contribution in [0.4, 0.5) is 25.3 Å². The van der Waals surface area contributed by atoms with Gasteiger partial charge >= 0.3 is 0 Å². The number of nitrogens with zero attached hydrogens (tertiary/aromatic N) is 6. The number of aromatic nitrogens is 2. The molecule has 9 nitrogen and oxygen atoms in total. The van der Waals surface area contributed by atoms with Gasteiger partial charge in [-0.05, 0) is 62.1 Å². The molecule has 4 aromatic rings. The second kappa shape index (κ2) is 10.4. The smallest absolute Gasteiger partial charge is 0.251 e. The molecule has 4 aliphatic rings. The molecule has 2 atom stereocenters. The number of carbonyl (C=O) groups is 1. The lowest BCUT2D eigenvalue weighted by atomic mass is 9.72. The highest BCUT2D eigenvalue weighted by atomic mass is 32.1. The van der Waals surface area contributed by atoms with E-state index in [4.69, 9.17) is 9.72 Å². The van der Waals surface area contributed by atoms with Gasteiger partial charge in [0, 0.05) is 67.4 Å². The van der Waals surface area contributed by atoms with Gasteiger partial charge in [0.05, 0.1) is 17.5 Å². The summed E-state index contributed by atoms with van der Waals surface area (Å²) in [5, 5.41) is 21.8. The summed E-state index contributed by atoms with van der Waals surface area (Å²) in [6.45, 7) is 3.44. The van der Waals surface area contributed by atoms with Crippen molar-refractivity contribution in [1.29, 1.82) is 5.26 Å². The highest BCUT2D eigenvalue weighted by Gasteiger charge is 2.54. The first-order valence-corrected chi connectivity index (χ1v) is 16.0. The lowest BCUT2D eigenvalue weighted by Crippen LogP contribution is -2.73. The number of amides is 1. The molecule has 1 amide bonds. The zero-order chi connectivity index (χ0) is 31.0. The molecule has 12 heteroatoms. The van der Waals surface area contributed by atoms with Gasteiger partial charge in [-0.3, -0.25) is 4.79 Å². The van der Waals surface area contributed by atoms with E-state index < -0.39 is 11.9 Å². The summed E-state index contributed by atoms with van der Waals surface area (Å²) in [4.78, 5) is 28.4. The predicted octanol–water partition coefficient (Wildman–Crippen LogP) is 5.08. The van der Waals surface area contributed by atoms with E-state index in [-0.39, 0.29) is 28.8 Å². The van der Waals surface area contributed by atoms with Crippen molar-refractivity contribution in [1.82, 2.24) is 14.9 Å². The van der Waals surface area contributed by atoms with Crippen LogP contribution in [0.5, 0.6) is 0 Å². The maximum Gasteiger partial charge on any atom is 0.251 e. The summed E-state index contributed by atoms with van der Waals surface area (Å²) in [7, 11) is 1.82. The lowest BCUT2D eigenvalue weighted by Gasteiger charge is -2.61. The Kier molecular flexibility index (Phi) is 6.57. The number of carbonyl (C=O) groups excluding carboxylic acids is 1. The standard InChI is InChI=1S/C33H30F2N6O3S/c1-39(32-38-27(26(13-36)45-32)18-4-6-19(34)7-5-18)30-21-8-9-24(42)29(21)37-28-22(30)11-20(12-23(28)35)40-14-33(15-40)16-41(17-33)31(43)25-3-2-10-44-25/h4-7,11-12,24-25,42H,2-3,8-10,14-17H2,1H3/t24?,25-/m0/s1. The number of hydrogen-bond acceptors (Lipinski definition) is 9. The molecule has 45 heavy (non-hydrogen) atoms. The summed E-state index contributed by atoms with van der Waals surface area (Å²) in [5.41, 5.74) is 3.96. The number of hydrogen-bond donors (Lipinski definition) is 1. The van der Waals surface area contributed by atoms with Crippen LogP contribution in [0.2, 0.25) is 0 Å². The van der Waals surface area contributed by atoms with E-state index in [9.17, 15) is 19.6 Å². The Labute approximate surface area is 262 Å². The zero-order valence-corrected chi connectivity index (χ0v) is 25.4. The third-order valence-electron chi connectivity index (χ3n) is 9.56. The molecule has 1 N–H and O–H groups in total. The Bertz CT molecular complexity index is 1890. The summed E-state index contributed by atoms with van der Waals surface area (Å²) in [6.07, 6.45) is 1.63. The number of halogens is 2. The summed E-state index contributed by atoms with van der Waals surface area (Å²) >= 11 is 1.20. The number of aliphatic hydroxyl groups is 1. The Balaban J connectivity index is 1.13. The molecule has 1 unspecified atom stereocenters.